The highest BCUT2D eigenvalue weighted by atomic mass is 19.1. The van der Waals surface area contributed by atoms with Gasteiger partial charge in [0.15, 0.2) is 0 Å². The molecule has 0 saturated carbocycles. The number of nitrogens with zero attached hydrogens (tertiary/aromatic N) is 5. The van der Waals surface area contributed by atoms with Crippen LogP contribution < -0.4 is 0 Å². The summed E-state index contributed by atoms with van der Waals surface area (Å²) in [5.74, 6) is 1.50. The minimum Gasteiger partial charge on any atom is -0.360 e. The largest absolute Gasteiger partial charge is 0.360 e. The third kappa shape index (κ3) is 2.60. The normalized spacial score (nSPS) is 14.8. The van der Waals surface area contributed by atoms with Crippen molar-refractivity contribution >= 4 is 0 Å². The molecule has 0 N–H and O–H groups in total. The van der Waals surface area contributed by atoms with Crippen LogP contribution in [-0.4, -0.2) is 31.4 Å². The second-order valence-corrected chi connectivity index (χ2v) is 5.87. The Balaban J connectivity index is 1.61. The Morgan fingerprint density at radius 2 is 2.17 bits per heavy atom. The number of hydrogen-bond donors (Lipinski definition) is 0. The van der Waals surface area contributed by atoms with Gasteiger partial charge in [-0.15, -0.1) is 0 Å². The first-order chi connectivity index (χ1) is 11.8. The van der Waals surface area contributed by atoms with Gasteiger partial charge in [-0.05, 0) is 19.1 Å². The molecule has 0 radical (unpaired) electrons. The van der Waals surface area contributed by atoms with Crippen molar-refractivity contribution in [3.8, 4) is 11.3 Å². The summed E-state index contributed by atoms with van der Waals surface area (Å²) >= 11 is 0. The van der Waals surface area contributed by atoms with E-state index in [0.717, 1.165) is 36.7 Å². The van der Waals surface area contributed by atoms with Gasteiger partial charge in [0.1, 0.15) is 29.4 Å². The van der Waals surface area contributed by atoms with Gasteiger partial charge in [-0.3, -0.25) is 4.90 Å². The minimum absolute atomic E-state index is 0.281. The second kappa shape index (κ2) is 6.16. The smallest absolute Gasteiger partial charge is 0.143 e. The fourth-order valence-electron chi connectivity index (χ4n) is 3.14. The molecule has 0 fully saturated rings. The SMILES string of the molecule is CCn1ncnc1CN1CCc2onc(-c3ccccc3F)c2C1. The Labute approximate surface area is 138 Å². The summed E-state index contributed by atoms with van der Waals surface area (Å²) in [7, 11) is 0. The van der Waals surface area contributed by atoms with Gasteiger partial charge in [0, 0.05) is 37.2 Å². The molecule has 7 heteroatoms. The molecular formula is C17H18FN5O. The number of aryl methyl sites for hydroxylation is 1. The zero-order chi connectivity index (χ0) is 16.5. The average molecular weight is 327 g/mol. The quantitative estimate of drug-likeness (QED) is 0.737. The maximum absolute atomic E-state index is 14.1. The standard InChI is InChI=1S/C17H18FN5O/c1-2-23-16(19-11-20-23)10-22-8-7-15-13(9-22)17(21-24-15)12-5-3-4-6-14(12)18/h3-6,11H,2,7-10H2,1H3. The predicted octanol–water partition coefficient (Wildman–Crippen LogP) is 2.65. The number of aromatic nitrogens is 4. The molecule has 24 heavy (non-hydrogen) atoms. The Bertz CT molecular complexity index is 856. The monoisotopic (exact) mass is 327 g/mol. The van der Waals surface area contributed by atoms with Crippen LogP contribution in [0.5, 0.6) is 0 Å². The van der Waals surface area contributed by atoms with Crippen molar-refractivity contribution in [2.75, 3.05) is 6.54 Å². The highest BCUT2D eigenvalue weighted by molar-refractivity contribution is 5.64. The zero-order valence-electron chi connectivity index (χ0n) is 13.4. The fraction of sp³-hybridized carbons (Fsp3) is 0.353. The first-order valence-corrected chi connectivity index (χ1v) is 8.07. The summed E-state index contributed by atoms with van der Waals surface area (Å²) in [6, 6.07) is 6.67. The summed E-state index contributed by atoms with van der Waals surface area (Å²) in [6.45, 7) is 5.06. The maximum Gasteiger partial charge on any atom is 0.143 e. The molecule has 0 atom stereocenters. The molecule has 0 unspecified atom stereocenters. The van der Waals surface area contributed by atoms with E-state index in [1.807, 2.05) is 17.7 Å². The molecule has 0 amide bonds. The van der Waals surface area contributed by atoms with E-state index in [4.69, 9.17) is 4.52 Å². The van der Waals surface area contributed by atoms with E-state index in [2.05, 4.69) is 20.1 Å². The second-order valence-electron chi connectivity index (χ2n) is 5.87. The molecular weight excluding hydrogens is 309 g/mol. The summed E-state index contributed by atoms with van der Waals surface area (Å²) in [4.78, 5) is 6.59. The highest BCUT2D eigenvalue weighted by Crippen LogP contribution is 2.31. The summed E-state index contributed by atoms with van der Waals surface area (Å²) < 4.78 is 21.4. The van der Waals surface area contributed by atoms with Gasteiger partial charge in [-0.25, -0.2) is 14.1 Å². The van der Waals surface area contributed by atoms with Crippen LogP contribution in [0.3, 0.4) is 0 Å². The Morgan fingerprint density at radius 3 is 3.00 bits per heavy atom. The van der Waals surface area contributed by atoms with Crippen molar-refractivity contribution in [2.45, 2.75) is 33.0 Å². The molecule has 0 spiro atoms. The molecule has 1 aliphatic rings. The van der Waals surface area contributed by atoms with Crippen LogP contribution in [-0.2, 0) is 26.1 Å². The lowest BCUT2D eigenvalue weighted by molar-refractivity contribution is 0.220. The molecule has 6 nitrogen and oxygen atoms in total. The lowest BCUT2D eigenvalue weighted by Crippen LogP contribution is -2.31. The van der Waals surface area contributed by atoms with Crippen molar-refractivity contribution in [3.05, 3.63) is 53.6 Å². The number of benzene rings is 1. The van der Waals surface area contributed by atoms with E-state index in [9.17, 15) is 4.39 Å². The summed E-state index contributed by atoms with van der Waals surface area (Å²) in [5.41, 5.74) is 2.06. The van der Waals surface area contributed by atoms with E-state index >= 15 is 0 Å². The van der Waals surface area contributed by atoms with Gasteiger partial charge < -0.3 is 4.52 Å². The maximum atomic E-state index is 14.1. The van der Waals surface area contributed by atoms with Gasteiger partial charge in [0.25, 0.3) is 0 Å². The molecule has 124 valence electrons. The third-order valence-electron chi connectivity index (χ3n) is 4.40. The average Bonchev–Trinajstić information content (AvgIpc) is 3.21. The molecule has 3 aromatic rings. The van der Waals surface area contributed by atoms with Gasteiger partial charge >= 0.3 is 0 Å². The number of rotatable bonds is 4. The topological polar surface area (TPSA) is 60.0 Å². The van der Waals surface area contributed by atoms with Crippen molar-refractivity contribution in [3.63, 3.8) is 0 Å². The van der Waals surface area contributed by atoms with Crippen LogP contribution in [0.1, 0.15) is 24.1 Å². The molecule has 0 aliphatic carbocycles. The molecule has 4 rings (SSSR count). The van der Waals surface area contributed by atoms with Crippen LogP contribution in [0, 0.1) is 5.82 Å². The summed E-state index contributed by atoms with van der Waals surface area (Å²) in [5, 5.41) is 8.33. The highest BCUT2D eigenvalue weighted by Gasteiger charge is 2.26. The van der Waals surface area contributed by atoms with Gasteiger partial charge in [0.05, 0.1) is 6.54 Å². The van der Waals surface area contributed by atoms with Crippen LogP contribution >= 0.6 is 0 Å². The Kier molecular flexibility index (Phi) is 3.86. The van der Waals surface area contributed by atoms with Gasteiger partial charge in [-0.2, -0.15) is 5.10 Å². The number of hydrogen-bond acceptors (Lipinski definition) is 5. The third-order valence-corrected chi connectivity index (χ3v) is 4.40. The van der Waals surface area contributed by atoms with Crippen LogP contribution in [0.4, 0.5) is 4.39 Å². The van der Waals surface area contributed by atoms with Crippen LogP contribution in [0.15, 0.2) is 35.1 Å². The predicted molar refractivity (Wildman–Crippen MR) is 85.4 cm³/mol. The van der Waals surface area contributed by atoms with Crippen LogP contribution in [0.25, 0.3) is 11.3 Å². The molecule has 1 aliphatic heterocycles. The van der Waals surface area contributed by atoms with Gasteiger partial charge in [0.2, 0.25) is 0 Å². The first-order valence-electron chi connectivity index (χ1n) is 8.07. The lowest BCUT2D eigenvalue weighted by Gasteiger charge is -2.25. The molecule has 0 bridgehead atoms. The Morgan fingerprint density at radius 1 is 1.29 bits per heavy atom. The fourth-order valence-corrected chi connectivity index (χ4v) is 3.14. The zero-order valence-corrected chi connectivity index (χ0v) is 13.4. The van der Waals surface area contributed by atoms with Gasteiger partial charge in [-0.1, -0.05) is 17.3 Å². The molecule has 3 heterocycles. The van der Waals surface area contributed by atoms with E-state index < -0.39 is 0 Å². The van der Waals surface area contributed by atoms with E-state index in [0.29, 0.717) is 24.3 Å². The Hall–Kier alpha value is -2.54. The molecule has 2 aromatic heterocycles. The van der Waals surface area contributed by atoms with Crippen LogP contribution in [0.2, 0.25) is 0 Å². The summed E-state index contributed by atoms with van der Waals surface area (Å²) in [6.07, 6.45) is 2.34. The van der Waals surface area contributed by atoms with E-state index in [-0.39, 0.29) is 5.82 Å². The molecule has 1 aromatic carbocycles. The first kappa shape index (κ1) is 15.0. The van der Waals surface area contributed by atoms with Crippen molar-refractivity contribution in [1.29, 1.82) is 0 Å². The molecule has 0 saturated heterocycles. The van der Waals surface area contributed by atoms with E-state index in [1.165, 1.54) is 6.07 Å². The van der Waals surface area contributed by atoms with Crippen molar-refractivity contribution in [1.82, 2.24) is 24.8 Å². The lowest BCUT2D eigenvalue weighted by atomic mass is 10.0. The van der Waals surface area contributed by atoms with Crippen molar-refractivity contribution in [2.24, 2.45) is 0 Å². The minimum atomic E-state index is -0.281. The number of fused-ring (bicyclic) bond motifs is 1. The number of halogens is 1. The van der Waals surface area contributed by atoms with Crippen molar-refractivity contribution < 1.29 is 8.91 Å². The van der Waals surface area contributed by atoms with E-state index in [1.54, 1.807) is 18.5 Å².